The van der Waals surface area contributed by atoms with Gasteiger partial charge in [-0.05, 0) is 0 Å². The predicted octanol–water partition coefficient (Wildman–Crippen LogP) is -1.52. The second-order valence-corrected chi connectivity index (χ2v) is 6.49. The highest BCUT2D eigenvalue weighted by Gasteiger charge is 2.57. The minimum atomic E-state index is -4.23. The van der Waals surface area contributed by atoms with Gasteiger partial charge >= 0.3 is 7.82 Å². The molecule has 4 rings (SSSR count). The number of aliphatic hydroxyl groups excluding tert-OH is 1. The lowest BCUT2D eigenvalue weighted by atomic mass is 10.1. The summed E-state index contributed by atoms with van der Waals surface area (Å²) in [6, 6.07) is 0. The first-order chi connectivity index (χ1) is 10.9. The van der Waals surface area contributed by atoms with Crippen molar-refractivity contribution in [1.29, 1.82) is 0 Å². The molecule has 5 N–H and O–H groups in total. The van der Waals surface area contributed by atoms with Gasteiger partial charge in [0, 0.05) is 0 Å². The van der Waals surface area contributed by atoms with Gasteiger partial charge in [0.05, 0.1) is 12.9 Å². The summed E-state index contributed by atoms with van der Waals surface area (Å²) in [5.74, 6) is -0.117. The van der Waals surface area contributed by atoms with Crippen LogP contribution in [-0.4, -0.2) is 54.4 Å². The number of nitrogens with two attached hydrogens (primary N) is 1. The Kier molecular flexibility index (Phi) is 3.10. The van der Waals surface area contributed by atoms with Crippen LogP contribution in [0.5, 0.6) is 0 Å². The van der Waals surface area contributed by atoms with Crippen LogP contribution in [0, 0.1) is 0 Å². The van der Waals surface area contributed by atoms with E-state index in [1.54, 1.807) is 0 Å². The summed E-state index contributed by atoms with van der Waals surface area (Å²) in [7, 11) is -4.23. The van der Waals surface area contributed by atoms with Crippen LogP contribution in [0.2, 0.25) is 0 Å². The van der Waals surface area contributed by atoms with Crippen LogP contribution in [0.3, 0.4) is 0 Å². The maximum absolute atomic E-state index is 11.8. The van der Waals surface area contributed by atoms with Gasteiger partial charge in [0.2, 0.25) is 5.95 Å². The van der Waals surface area contributed by atoms with Gasteiger partial charge in [0.25, 0.3) is 5.56 Å². The minimum Gasteiger partial charge on any atom is -0.394 e. The third-order valence-electron chi connectivity index (χ3n) is 3.70. The Hall–Kier alpha value is -1.82. The van der Waals surface area contributed by atoms with E-state index in [2.05, 4.69) is 15.0 Å². The van der Waals surface area contributed by atoms with Crippen molar-refractivity contribution >= 4 is 24.9 Å². The molecule has 0 bridgehead atoms. The van der Waals surface area contributed by atoms with E-state index in [-0.39, 0.29) is 17.1 Å². The van der Waals surface area contributed by atoms with Gasteiger partial charge in [-0.2, -0.15) is 4.98 Å². The zero-order valence-electron chi connectivity index (χ0n) is 11.4. The van der Waals surface area contributed by atoms with Crippen LogP contribution in [0.15, 0.2) is 11.1 Å². The molecule has 23 heavy (non-hydrogen) atoms. The number of aliphatic hydroxyl groups is 1. The highest BCUT2D eigenvalue weighted by Crippen LogP contribution is 2.58. The van der Waals surface area contributed by atoms with Gasteiger partial charge in [0.1, 0.15) is 18.3 Å². The maximum atomic E-state index is 11.8. The first-order valence-corrected chi connectivity index (χ1v) is 8.07. The normalized spacial score (nSPS) is 36.6. The number of rotatable bonds is 2. The van der Waals surface area contributed by atoms with Gasteiger partial charge in [-0.25, -0.2) is 9.55 Å². The topological polar surface area (TPSA) is 175 Å². The summed E-state index contributed by atoms with van der Waals surface area (Å²) in [6.45, 7) is -0.441. The first-order valence-electron chi connectivity index (χ1n) is 6.58. The average Bonchev–Trinajstić information content (AvgIpc) is 3.09. The molecule has 2 aromatic heterocycles. The lowest BCUT2D eigenvalue weighted by Gasteiger charge is -2.18. The molecule has 2 aliphatic rings. The maximum Gasteiger partial charge on any atom is 0.473 e. The number of ether oxygens (including phenoxy) is 1. The molecule has 124 valence electrons. The van der Waals surface area contributed by atoms with Crippen LogP contribution in [0.25, 0.3) is 11.2 Å². The Bertz CT molecular complexity index is 880. The van der Waals surface area contributed by atoms with Gasteiger partial charge in [-0.15, -0.1) is 0 Å². The van der Waals surface area contributed by atoms with E-state index in [4.69, 9.17) is 19.5 Å². The van der Waals surface area contributed by atoms with E-state index in [0.29, 0.717) is 0 Å². The highest BCUT2D eigenvalue weighted by molar-refractivity contribution is 7.47. The van der Waals surface area contributed by atoms with Gasteiger partial charge in [-0.1, -0.05) is 0 Å². The highest BCUT2D eigenvalue weighted by atomic mass is 31.2. The van der Waals surface area contributed by atoms with E-state index in [1.165, 1.54) is 10.9 Å². The standard InChI is InChI=1S/C10H12N5O7P/c11-10-13-7-4(8(17)14-10)12-2-15(7)9-6-5(3(1-16)20-9)21-23(18,19)22-6/h2-3,5-6,9,16H,1H2,(H,18,19)(H3,11,13,14,17)/t3-,5+,6+,9-/m0/s1. The van der Waals surface area contributed by atoms with Crippen LogP contribution >= 0.6 is 7.82 Å². The Morgan fingerprint density at radius 1 is 1.43 bits per heavy atom. The fourth-order valence-electron chi connectivity index (χ4n) is 2.78. The third kappa shape index (κ3) is 2.19. The Morgan fingerprint density at radius 2 is 2.17 bits per heavy atom. The van der Waals surface area contributed by atoms with Crippen molar-refractivity contribution in [2.45, 2.75) is 24.5 Å². The monoisotopic (exact) mass is 345 g/mol. The van der Waals surface area contributed by atoms with Crippen LogP contribution < -0.4 is 11.3 Å². The molecular weight excluding hydrogens is 333 g/mol. The number of hydrogen-bond acceptors (Lipinski definition) is 9. The number of fused-ring (bicyclic) bond motifs is 2. The summed E-state index contributed by atoms with van der Waals surface area (Å²) in [5.41, 5.74) is 5.14. The number of anilines is 1. The van der Waals surface area contributed by atoms with Crippen LogP contribution in [0.4, 0.5) is 5.95 Å². The number of phosphoric ester groups is 1. The Labute approximate surface area is 127 Å². The summed E-state index contributed by atoms with van der Waals surface area (Å²) in [5, 5.41) is 9.35. The molecular formula is C10H12N5O7P. The zero-order valence-corrected chi connectivity index (χ0v) is 12.3. The third-order valence-corrected chi connectivity index (χ3v) is 4.72. The quantitative estimate of drug-likeness (QED) is 0.467. The number of phosphoric acid groups is 1. The predicted molar refractivity (Wildman–Crippen MR) is 73.1 cm³/mol. The molecule has 2 aliphatic heterocycles. The molecule has 1 unspecified atom stereocenters. The lowest BCUT2D eigenvalue weighted by molar-refractivity contribution is -0.0589. The number of hydrogen-bond donors (Lipinski definition) is 4. The lowest BCUT2D eigenvalue weighted by Crippen LogP contribution is -2.30. The van der Waals surface area contributed by atoms with Crippen molar-refractivity contribution in [1.82, 2.24) is 19.5 Å². The van der Waals surface area contributed by atoms with Crippen LogP contribution in [-0.2, 0) is 18.3 Å². The molecule has 0 aromatic carbocycles. The first kappa shape index (κ1) is 14.8. The zero-order chi connectivity index (χ0) is 16.4. The van der Waals surface area contributed by atoms with E-state index in [9.17, 15) is 19.4 Å². The molecule has 0 radical (unpaired) electrons. The summed E-state index contributed by atoms with van der Waals surface area (Å²) >= 11 is 0. The van der Waals surface area contributed by atoms with Crippen molar-refractivity contribution in [3.05, 3.63) is 16.7 Å². The summed E-state index contributed by atoms with van der Waals surface area (Å²) in [4.78, 5) is 31.5. The number of nitrogens with zero attached hydrogens (tertiary/aromatic N) is 3. The fraction of sp³-hybridized carbons (Fsp3) is 0.500. The van der Waals surface area contributed by atoms with E-state index < -0.39 is 44.5 Å². The Morgan fingerprint density at radius 3 is 2.91 bits per heavy atom. The van der Waals surface area contributed by atoms with Gasteiger partial charge in [-0.3, -0.25) is 23.4 Å². The average molecular weight is 345 g/mol. The SMILES string of the molecule is Nc1nc2c(ncn2[C@H]2O[C@@H](CO)[C@H]3OP(=O)(O)O[C@H]32)c(=O)[nH]1. The molecule has 5 atom stereocenters. The molecule has 13 heteroatoms. The summed E-state index contributed by atoms with van der Waals surface area (Å²) in [6.07, 6.45) is -2.46. The van der Waals surface area contributed by atoms with Gasteiger partial charge < -0.3 is 20.5 Å². The number of nitrogen functional groups attached to an aromatic ring is 1. The molecule has 0 aliphatic carbocycles. The summed E-state index contributed by atoms with van der Waals surface area (Å²) < 4.78 is 28.5. The number of imidazole rings is 1. The second kappa shape index (κ2) is 4.84. The second-order valence-electron chi connectivity index (χ2n) is 5.13. The molecule has 4 heterocycles. The molecule has 2 aromatic rings. The molecule has 0 spiro atoms. The largest absolute Gasteiger partial charge is 0.473 e. The van der Waals surface area contributed by atoms with Crippen molar-refractivity contribution in [2.75, 3.05) is 12.3 Å². The Balaban J connectivity index is 1.82. The molecule has 0 saturated carbocycles. The molecule has 2 saturated heterocycles. The number of nitrogens with one attached hydrogen (secondary N) is 1. The fourth-order valence-corrected chi connectivity index (χ4v) is 3.92. The molecule has 2 fully saturated rings. The van der Waals surface area contributed by atoms with Crippen molar-refractivity contribution < 1.29 is 28.3 Å². The van der Waals surface area contributed by atoms with E-state index in [0.717, 1.165) is 0 Å². The minimum absolute atomic E-state index is 0.0258. The van der Waals surface area contributed by atoms with Crippen molar-refractivity contribution in [3.63, 3.8) is 0 Å². The number of H-pyrrole nitrogens is 1. The van der Waals surface area contributed by atoms with Gasteiger partial charge in [0.15, 0.2) is 17.4 Å². The number of aromatic amines is 1. The van der Waals surface area contributed by atoms with Crippen LogP contribution in [0.1, 0.15) is 6.23 Å². The van der Waals surface area contributed by atoms with E-state index >= 15 is 0 Å². The number of aromatic nitrogens is 4. The van der Waals surface area contributed by atoms with Crippen molar-refractivity contribution in [2.24, 2.45) is 0 Å². The molecule has 12 nitrogen and oxygen atoms in total. The molecule has 0 amide bonds. The van der Waals surface area contributed by atoms with Crippen molar-refractivity contribution in [3.8, 4) is 0 Å². The smallest absolute Gasteiger partial charge is 0.394 e. The van der Waals surface area contributed by atoms with E-state index in [1.807, 2.05) is 0 Å².